The van der Waals surface area contributed by atoms with Gasteiger partial charge >= 0.3 is 0 Å². The van der Waals surface area contributed by atoms with Gasteiger partial charge in [-0.05, 0) is 64.0 Å². The number of carbonyl (C=O) groups excluding carboxylic acids is 1. The molecule has 1 atom stereocenters. The van der Waals surface area contributed by atoms with Gasteiger partial charge in [0.15, 0.2) is 5.65 Å². The molecule has 0 bridgehead atoms. The van der Waals surface area contributed by atoms with Gasteiger partial charge < -0.3 is 15.0 Å². The maximum Gasteiger partial charge on any atom is 0.280 e. The van der Waals surface area contributed by atoms with Crippen LogP contribution in [0.3, 0.4) is 0 Å². The molecular weight excluding hydrogens is 532 g/mol. The second-order valence-electron chi connectivity index (χ2n) is 10.4. The first-order valence-corrected chi connectivity index (χ1v) is 14.1. The molecule has 0 spiro atoms. The molecule has 0 radical (unpaired) electrons. The van der Waals surface area contributed by atoms with Crippen LogP contribution in [-0.2, 0) is 13.6 Å². The van der Waals surface area contributed by atoms with Crippen LogP contribution in [0.1, 0.15) is 55.4 Å². The van der Waals surface area contributed by atoms with E-state index in [2.05, 4.69) is 33.2 Å². The van der Waals surface area contributed by atoms with E-state index in [1.807, 2.05) is 74.9 Å². The van der Waals surface area contributed by atoms with Gasteiger partial charge in [0.05, 0.1) is 31.7 Å². The summed E-state index contributed by atoms with van der Waals surface area (Å²) < 4.78 is 10.0. The number of nitrogens with one attached hydrogen (secondary N) is 1. The van der Waals surface area contributed by atoms with E-state index in [0.29, 0.717) is 18.8 Å². The third kappa shape index (κ3) is 6.96. The summed E-state index contributed by atoms with van der Waals surface area (Å²) in [5.74, 6) is 1.33. The number of amides is 1. The molecule has 0 aliphatic carbocycles. The van der Waals surface area contributed by atoms with E-state index in [4.69, 9.17) is 9.84 Å². The first-order valence-electron chi connectivity index (χ1n) is 14.1. The molecule has 1 fully saturated rings. The van der Waals surface area contributed by atoms with Gasteiger partial charge in [0.2, 0.25) is 0 Å². The summed E-state index contributed by atoms with van der Waals surface area (Å²) >= 11 is 0. The number of aromatic nitrogens is 6. The molecule has 5 rings (SSSR count). The van der Waals surface area contributed by atoms with Crippen molar-refractivity contribution in [1.82, 2.24) is 34.3 Å². The van der Waals surface area contributed by atoms with Gasteiger partial charge in [-0.15, -0.1) is 5.10 Å². The van der Waals surface area contributed by atoms with Crippen molar-refractivity contribution in [3.63, 3.8) is 0 Å². The van der Waals surface area contributed by atoms with Crippen LogP contribution in [0.5, 0.6) is 5.75 Å². The standard InChI is InChI=1S/C25H33N7O2.C6H7NO/c1-6-7-8-20-15-26-21-9-10-22(28-32(20)21)30-13-12-19(16-30)27-24(33)23-18(4)29(5)31(25(23)34)14-11-17(2)3;1-8-6-3-2-4-7-5-6/h7-11,15,19H,6,12-14,16H2,1-5H3,(H,27,33);2-5H,1H3/b8-7+;/t19-;/m0./s1. The summed E-state index contributed by atoms with van der Waals surface area (Å²) in [6.45, 7) is 9.73. The number of pyridine rings is 1. The Labute approximate surface area is 246 Å². The van der Waals surface area contributed by atoms with Gasteiger partial charge in [0.1, 0.15) is 17.1 Å². The van der Waals surface area contributed by atoms with Crippen LogP contribution in [-0.4, -0.2) is 61.1 Å². The Morgan fingerprint density at radius 3 is 2.69 bits per heavy atom. The SMILES string of the molecule is CC/C=C/c1cnc2ccc(N3CC[C@H](NC(=O)c4c(C)n(C)n(CC=C(C)C)c4=O)C3)nn12.COc1cccnc1. The summed E-state index contributed by atoms with van der Waals surface area (Å²) in [5.41, 5.74) is 3.48. The highest BCUT2D eigenvalue weighted by Crippen LogP contribution is 2.20. The Morgan fingerprint density at radius 1 is 1.21 bits per heavy atom. The Kier molecular flexibility index (Phi) is 9.95. The molecule has 1 aliphatic rings. The van der Waals surface area contributed by atoms with Crippen molar-refractivity contribution in [1.29, 1.82) is 0 Å². The summed E-state index contributed by atoms with van der Waals surface area (Å²) in [6, 6.07) is 7.55. The minimum Gasteiger partial charge on any atom is -0.495 e. The number of hydrogen-bond donors (Lipinski definition) is 1. The minimum absolute atomic E-state index is 0.0579. The first kappa shape index (κ1) is 30.3. The van der Waals surface area contributed by atoms with Gasteiger partial charge in [0.25, 0.3) is 11.5 Å². The lowest BCUT2D eigenvalue weighted by atomic mass is 10.2. The van der Waals surface area contributed by atoms with E-state index in [9.17, 15) is 9.59 Å². The molecule has 11 heteroatoms. The summed E-state index contributed by atoms with van der Waals surface area (Å²) in [6.07, 6.45) is 13.0. The number of fused-ring (bicyclic) bond motifs is 1. The lowest BCUT2D eigenvalue weighted by Crippen LogP contribution is -2.39. The van der Waals surface area contributed by atoms with Crippen LogP contribution >= 0.6 is 0 Å². The van der Waals surface area contributed by atoms with E-state index < -0.39 is 0 Å². The molecule has 4 aromatic rings. The molecular formula is C31H40N8O3. The maximum absolute atomic E-state index is 13.1. The molecule has 1 amide bonds. The number of carbonyl (C=O) groups is 1. The van der Waals surface area contributed by atoms with Gasteiger partial charge in [0, 0.05) is 38.1 Å². The number of ether oxygens (including phenoxy) is 1. The van der Waals surface area contributed by atoms with E-state index in [1.54, 1.807) is 28.9 Å². The average molecular weight is 573 g/mol. The van der Waals surface area contributed by atoms with Crippen molar-refractivity contribution in [3.05, 3.63) is 87.9 Å². The van der Waals surface area contributed by atoms with E-state index in [0.717, 1.165) is 47.9 Å². The molecule has 11 nitrogen and oxygen atoms in total. The first-order chi connectivity index (χ1) is 20.2. The normalized spacial score (nSPS) is 14.6. The molecule has 1 saturated heterocycles. The predicted molar refractivity (Wildman–Crippen MR) is 165 cm³/mol. The molecule has 1 aliphatic heterocycles. The van der Waals surface area contributed by atoms with Crippen LogP contribution < -0.4 is 20.5 Å². The fourth-order valence-electron chi connectivity index (χ4n) is 4.71. The predicted octanol–water partition coefficient (Wildman–Crippen LogP) is 4.03. The van der Waals surface area contributed by atoms with Crippen LogP contribution in [0, 0.1) is 6.92 Å². The van der Waals surface area contributed by atoms with Crippen LogP contribution in [0.25, 0.3) is 11.7 Å². The van der Waals surface area contributed by atoms with E-state index in [1.165, 1.54) is 0 Å². The number of anilines is 1. The molecule has 42 heavy (non-hydrogen) atoms. The highest BCUT2D eigenvalue weighted by molar-refractivity contribution is 5.95. The quantitative estimate of drug-likeness (QED) is 0.318. The Morgan fingerprint density at radius 2 is 2.02 bits per heavy atom. The molecule has 0 unspecified atom stereocenters. The number of methoxy groups -OCH3 is 1. The molecule has 0 saturated carbocycles. The van der Waals surface area contributed by atoms with Crippen molar-refractivity contribution in [2.45, 2.75) is 53.1 Å². The second kappa shape index (κ2) is 13.8. The van der Waals surface area contributed by atoms with E-state index >= 15 is 0 Å². The largest absolute Gasteiger partial charge is 0.495 e. The zero-order chi connectivity index (χ0) is 30.2. The summed E-state index contributed by atoms with van der Waals surface area (Å²) in [4.78, 5) is 36.4. The monoisotopic (exact) mass is 572 g/mol. The molecule has 222 valence electrons. The Hall–Kier alpha value is -4.67. The van der Waals surface area contributed by atoms with Crippen LogP contribution in [0.15, 0.2) is 65.4 Å². The second-order valence-corrected chi connectivity index (χ2v) is 10.4. The number of nitrogens with zero attached hydrogens (tertiary/aromatic N) is 7. The molecule has 5 heterocycles. The van der Waals surface area contributed by atoms with Crippen molar-refractivity contribution >= 4 is 23.4 Å². The van der Waals surface area contributed by atoms with Crippen LogP contribution in [0.4, 0.5) is 5.82 Å². The van der Waals surface area contributed by atoms with Gasteiger partial charge in [-0.1, -0.05) is 24.6 Å². The zero-order valence-corrected chi connectivity index (χ0v) is 25.2. The van der Waals surface area contributed by atoms with Crippen molar-refractivity contribution in [2.24, 2.45) is 7.05 Å². The number of imidazole rings is 1. The highest BCUT2D eigenvalue weighted by atomic mass is 16.5. The Balaban J connectivity index is 0.000000437. The average Bonchev–Trinajstić information content (AvgIpc) is 3.68. The summed E-state index contributed by atoms with van der Waals surface area (Å²) in [7, 11) is 3.43. The fourth-order valence-corrected chi connectivity index (χ4v) is 4.71. The smallest absolute Gasteiger partial charge is 0.280 e. The highest BCUT2D eigenvalue weighted by Gasteiger charge is 2.28. The summed E-state index contributed by atoms with van der Waals surface area (Å²) in [5, 5.41) is 7.85. The van der Waals surface area contributed by atoms with Crippen molar-refractivity contribution in [3.8, 4) is 5.75 Å². The number of hydrogen-bond acceptors (Lipinski definition) is 7. The molecule has 4 aromatic heterocycles. The lowest BCUT2D eigenvalue weighted by Gasteiger charge is -2.18. The van der Waals surface area contributed by atoms with E-state index in [-0.39, 0.29) is 23.1 Å². The molecule has 0 aromatic carbocycles. The van der Waals surface area contributed by atoms with Crippen molar-refractivity contribution in [2.75, 3.05) is 25.1 Å². The Bertz CT molecular complexity index is 1630. The fraction of sp³-hybridized carbons (Fsp3) is 0.387. The van der Waals surface area contributed by atoms with Crippen molar-refractivity contribution < 1.29 is 9.53 Å². The topological polar surface area (TPSA) is 112 Å². The maximum atomic E-state index is 13.1. The van der Waals surface area contributed by atoms with Crippen LogP contribution in [0.2, 0.25) is 0 Å². The number of rotatable bonds is 8. The zero-order valence-electron chi connectivity index (χ0n) is 25.2. The van der Waals surface area contributed by atoms with Gasteiger partial charge in [-0.25, -0.2) is 14.2 Å². The number of allylic oxidation sites excluding steroid dienone is 3. The van der Waals surface area contributed by atoms with Gasteiger partial charge in [-0.3, -0.25) is 19.3 Å². The molecule has 1 N–H and O–H groups in total. The van der Waals surface area contributed by atoms with Gasteiger partial charge in [-0.2, -0.15) is 0 Å². The lowest BCUT2D eigenvalue weighted by molar-refractivity contribution is 0.0938. The third-order valence-electron chi connectivity index (χ3n) is 7.17. The minimum atomic E-state index is -0.314. The third-order valence-corrected chi connectivity index (χ3v) is 7.17.